The predicted molar refractivity (Wildman–Crippen MR) is 84.4 cm³/mol. The summed E-state index contributed by atoms with van der Waals surface area (Å²) in [7, 11) is 1.58. The molecule has 0 aliphatic carbocycles. The molecule has 0 saturated carbocycles. The molecule has 0 radical (unpaired) electrons. The lowest BCUT2D eigenvalue weighted by Crippen LogP contribution is -2.02. The molecule has 106 valence electrons. The third-order valence-corrected chi connectivity index (χ3v) is 4.21. The standard InChI is InChI=1S/C15H12BrCl2FO/c1-20-15-6-5-9(16)7-11(15)13(18)8-10-12(17)3-2-4-14(10)19/h2-7,13H,8H2,1H3. The van der Waals surface area contributed by atoms with Crippen molar-refractivity contribution in [2.75, 3.05) is 7.11 Å². The van der Waals surface area contributed by atoms with Crippen LogP contribution < -0.4 is 4.74 Å². The Morgan fingerprint density at radius 2 is 2.05 bits per heavy atom. The van der Waals surface area contributed by atoms with E-state index >= 15 is 0 Å². The van der Waals surface area contributed by atoms with Crippen molar-refractivity contribution in [3.8, 4) is 5.75 Å². The van der Waals surface area contributed by atoms with Gasteiger partial charge < -0.3 is 4.74 Å². The van der Waals surface area contributed by atoms with Gasteiger partial charge in [-0.3, -0.25) is 0 Å². The molecule has 2 rings (SSSR count). The van der Waals surface area contributed by atoms with Crippen molar-refractivity contribution >= 4 is 39.1 Å². The first-order valence-corrected chi connectivity index (χ1v) is 7.54. The summed E-state index contributed by atoms with van der Waals surface area (Å²) >= 11 is 15.8. The molecule has 2 aromatic rings. The number of alkyl halides is 1. The summed E-state index contributed by atoms with van der Waals surface area (Å²) in [6.07, 6.45) is 0.292. The zero-order valence-corrected chi connectivity index (χ0v) is 13.8. The van der Waals surface area contributed by atoms with Gasteiger partial charge in [0.05, 0.1) is 12.5 Å². The molecule has 0 heterocycles. The van der Waals surface area contributed by atoms with Crippen LogP contribution in [0.3, 0.4) is 0 Å². The fraction of sp³-hybridized carbons (Fsp3) is 0.200. The number of methoxy groups -OCH3 is 1. The highest BCUT2D eigenvalue weighted by atomic mass is 79.9. The molecule has 0 saturated heterocycles. The Balaban J connectivity index is 2.33. The van der Waals surface area contributed by atoms with Gasteiger partial charge in [0.15, 0.2) is 0 Å². The van der Waals surface area contributed by atoms with Gasteiger partial charge in [0, 0.05) is 20.6 Å². The van der Waals surface area contributed by atoms with E-state index in [0.29, 0.717) is 22.8 Å². The highest BCUT2D eigenvalue weighted by molar-refractivity contribution is 9.10. The Morgan fingerprint density at radius 1 is 1.30 bits per heavy atom. The second-order valence-electron chi connectivity index (χ2n) is 4.26. The summed E-state index contributed by atoms with van der Waals surface area (Å²) in [5.41, 5.74) is 1.21. The molecule has 0 amide bonds. The second-order valence-corrected chi connectivity index (χ2v) is 6.11. The average Bonchev–Trinajstić information content (AvgIpc) is 2.43. The summed E-state index contributed by atoms with van der Waals surface area (Å²) in [4.78, 5) is 0. The van der Waals surface area contributed by atoms with E-state index in [1.165, 1.54) is 6.07 Å². The third kappa shape index (κ3) is 3.46. The Morgan fingerprint density at radius 3 is 2.70 bits per heavy atom. The van der Waals surface area contributed by atoms with Gasteiger partial charge >= 0.3 is 0 Å². The van der Waals surface area contributed by atoms with Crippen LogP contribution in [0.15, 0.2) is 40.9 Å². The molecule has 1 unspecified atom stereocenters. The number of ether oxygens (including phenoxy) is 1. The smallest absolute Gasteiger partial charge is 0.127 e. The van der Waals surface area contributed by atoms with Crippen LogP contribution in [0.5, 0.6) is 5.75 Å². The Labute approximate surface area is 135 Å². The second kappa shape index (κ2) is 6.79. The summed E-state index contributed by atoms with van der Waals surface area (Å²) in [6.45, 7) is 0. The van der Waals surface area contributed by atoms with Gasteiger partial charge in [0.1, 0.15) is 11.6 Å². The van der Waals surface area contributed by atoms with Crippen molar-refractivity contribution in [2.24, 2.45) is 0 Å². The van der Waals surface area contributed by atoms with Crippen LogP contribution in [0, 0.1) is 5.82 Å². The molecule has 0 bridgehead atoms. The number of halogens is 4. The van der Waals surface area contributed by atoms with E-state index in [0.717, 1.165) is 10.0 Å². The van der Waals surface area contributed by atoms with Crippen molar-refractivity contribution in [1.29, 1.82) is 0 Å². The molecule has 2 aromatic carbocycles. The van der Waals surface area contributed by atoms with E-state index in [1.807, 2.05) is 18.2 Å². The first kappa shape index (κ1) is 15.6. The molecule has 5 heteroatoms. The quantitative estimate of drug-likeness (QED) is 0.614. The maximum absolute atomic E-state index is 13.8. The van der Waals surface area contributed by atoms with E-state index in [4.69, 9.17) is 27.9 Å². The van der Waals surface area contributed by atoms with E-state index < -0.39 is 5.38 Å². The molecule has 0 aliphatic rings. The van der Waals surface area contributed by atoms with Crippen molar-refractivity contribution in [3.05, 3.63) is 62.8 Å². The Hall–Kier alpha value is -0.770. The molecular weight excluding hydrogens is 366 g/mol. The van der Waals surface area contributed by atoms with E-state index in [-0.39, 0.29) is 5.82 Å². The highest BCUT2D eigenvalue weighted by Gasteiger charge is 2.18. The molecule has 1 atom stereocenters. The molecule has 0 fully saturated rings. The van der Waals surface area contributed by atoms with Gasteiger partial charge in [-0.25, -0.2) is 4.39 Å². The summed E-state index contributed by atoms with van der Waals surface area (Å²) in [5, 5.41) is -0.0542. The van der Waals surface area contributed by atoms with Crippen molar-refractivity contribution < 1.29 is 9.13 Å². The van der Waals surface area contributed by atoms with Gasteiger partial charge in [0.25, 0.3) is 0 Å². The van der Waals surface area contributed by atoms with E-state index in [2.05, 4.69) is 15.9 Å². The topological polar surface area (TPSA) is 9.23 Å². The van der Waals surface area contributed by atoms with Crippen LogP contribution >= 0.6 is 39.1 Å². The molecule has 1 nitrogen and oxygen atoms in total. The SMILES string of the molecule is COc1ccc(Br)cc1C(Cl)Cc1c(F)cccc1Cl. The number of benzene rings is 2. The normalized spacial score (nSPS) is 12.2. The predicted octanol–water partition coefficient (Wildman–Crippen LogP) is 5.77. The Bertz CT molecular complexity index is 599. The van der Waals surface area contributed by atoms with E-state index in [9.17, 15) is 4.39 Å². The summed E-state index contributed by atoms with van der Waals surface area (Å²) in [5.74, 6) is 0.317. The minimum Gasteiger partial charge on any atom is -0.496 e. The minimum absolute atomic E-state index is 0.292. The van der Waals surface area contributed by atoms with Crippen molar-refractivity contribution in [2.45, 2.75) is 11.8 Å². The summed E-state index contributed by atoms with van der Waals surface area (Å²) in [6, 6.07) is 10.2. The lowest BCUT2D eigenvalue weighted by Gasteiger charge is -2.15. The first-order valence-electron chi connectivity index (χ1n) is 5.93. The van der Waals surface area contributed by atoms with Gasteiger partial charge in [-0.15, -0.1) is 11.6 Å². The van der Waals surface area contributed by atoms with Crippen molar-refractivity contribution in [1.82, 2.24) is 0 Å². The highest BCUT2D eigenvalue weighted by Crippen LogP contribution is 2.36. The fourth-order valence-corrected chi connectivity index (χ4v) is 2.91. The van der Waals surface area contributed by atoms with Crippen LogP contribution in [0.1, 0.15) is 16.5 Å². The van der Waals surface area contributed by atoms with Crippen LogP contribution in [-0.4, -0.2) is 7.11 Å². The summed E-state index contributed by atoms with van der Waals surface area (Å²) < 4.78 is 20.0. The largest absolute Gasteiger partial charge is 0.496 e. The van der Waals surface area contributed by atoms with E-state index in [1.54, 1.807) is 19.2 Å². The third-order valence-electron chi connectivity index (χ3n) is 2.97. The maximum atomic E-state index is 13.8. The monoisotopic (exact) mass is 376 g/mol. The van der Waals surface area contributed by atoms with Crippen molar-refractivity contribution in [3.63, 3.8) is 0 Å². The van der Waals surface area contributed by atoms with Gasteiger partial charge in [-0.2, -0.15) is 0 Å². The minimum atomic E-state index is -0.433. The molecule has 0 N–H and O–H groups in total. The lowest BCUT2D eigenvalue weighted by atomic mass is 10.0. The molecular formula is C15H12BrCl2FO. The lowest BCUT2D eigenvalue weighted by molar-refractivity contribution is 0.409. The number of rotatable bonds is 4. The zero-order valence-electron chi connectivity index (χ0n) is 10.7. The van der Waals surface area contributed by atoms with Gasteiger partial charge in [-0.05, 0) is 36.8 Å². The zero-order chi connectivity index (χ0) is 14.7. The van der Waals surface area contributed by atoms with Gasteiger partial charge in [-0.1, -0.05) is 33.6 Å². The van der Waals surface area contributed by atoms with Crippen LogP contribution in [0.4, 0.5) is 4.39 Å². The maximum Gasteiger partial charge on any atom is 0.127 e. The van der Waals surface area contributed by atoms with Crippen LogP contribution in [0.25, 0.3) is 0 Å². The molecule has 0 aliphatic heterocycles. The number of hydrogen-bond donors (Lipinski definition) is 0. The van der Waals surface area contributed by atoms with Crippen LogP contribution in [0.2, 0.25) is 5.02 Å². The molecule has 20 heavy (non-hydrogen) atoms. The van der Waals surface area contributed by atoms with Gasteiger partial charge in [0.2, 0.25) is 0 Å². The Kier molecular flexibility index (Phi) is 5.30. The average molecular weight is 378 g/mol. The molecule has 0 spiro atoms. The fourth-order valence-electron chi connectivity index (χ4n) is 1.97. The number of hydrogen-bond acceptors (Lipinski definition) is 1. The van der Waals surface area contributed by atoms with Crippen LogP contribution in [-0.2, 0) is 6.42 Å². The molecule has 0 aromatic heterocycles. The first-order chi connectivity index (χ1) is 9.52.